The van der Waals surface area contributed by atoms with Crippen LogP contribution in [0.3, 0.4) is 0 Å². The van der Waals surface area contributed by atoms with E-state index in [1.165, 1.54) is 17.5 Å². The van der Waals surface area contributed by atoms with Crippen molar-refractivity contribution in [2.45, 2.75) is 38.3 Å². The number of hydrogen-bond acceptors (Lipinski definition) is 4. The molecule has 94 valence electrons. The van der Waals surface area contributed by atoms with Gasteiger partial charge in [-0.2, -0.15) is 0 Å². The molecule has 0 aliphatic heterocycles. The van der Waals surface area contributed by atoms with Gasteiger partial charge >= 0.3 is 0 Å². The smallest absolute Gasteiger partial charge is 0.168 e. The van der Waals surface area contributed by atoms with Crippen LogP contribution in [0.15, 0.2) is 24.3 Å². The maximum atomic E-state index is 5.92. The quantitative estimate of drug-likeness (QED) is 0.870. The minimum atomic E-state index is -0.144. The Balaban J connectivity index is 2.06. The third kappa shape index (κ3) is 1.80. The van der Waals surface area contributed by atoms with Gasteiger partial charge in [-0.1, -0.05) is 24.3 Å². The summed E-state index contributed by atoms with van der Waals surface area (Å²) in [5.74, 6) is 0.761. The lowest BCUT2D eigenvalue weighted by atomic mass is 9.88. The monoisotopic (exact) mass is 243 g/mol. The van der Waals surface area contributed by atoms with Crippen molar-refractivity contribution in [3.8, 4) is 0 Å². The molecule has 0 bridgehead atoms. The predicted octanol–water partition coefficient (Wildman–Crippen LogP) is 1.62. The van der Waals surface area contributed by atoms with Crippen molar-refractivity contribution in [3.63, 3.8) is 0 Å². The van der Waals surface area contributed by atoms with Crippen molar-refractivity contribution in [2.75, 3.05) is 0 Å². The van der Waals surface area contributed by atoms with Gasteiger partial charge in [0.25, 0.3) is 0 Å². The van der Waals surface area contributed by atoms with Crippen LogP contribution in [-0.2, 0) is 6.42 Å². The van der Waals surface area contributed by atoms with Crippen molar-refractivity contribution in [1.82, 2.24) is 20.2 Å². The van der Waals surface area contributed by atoms with E-state index in [0.29, 0.717) is 0 Å². The number of nitrogens with two attached hydrogens (primary N) is 1. The number of hydrogen-bond donors (Lipinski definition) is 1. The summed E-state index contributed by atoms with van der Waals surface area (Å²) in [5, 5.41) is 12.0. The summed E-state index contributed by atoms with van der Waals surface area (Å²) >= 11 is 0. The molecular weight excluding hydrogens is 226 g/mol. The first kappa shape index (κ1) is 11.3. The highest BCUT2D eigenvalue weighted by molar-refractivity contribution is 5.32. The first-order valence-corrected chi connectivity index (χ1v) is 6.38. The number of fused-ring (bicyclic) bond motifs is 1. The summed E-state index contributed by atoms with van der Waals surface area (Å²) in [7, 11) is 0. The summed E-state index contributed by atoms with van der Waals surface area (Å²) in [4.78, 5) is 0. The molecule has 0 spiro atoms. The number of tetrazole rings is 1. The van der Waals surface area contributed by atoms with Gasteiger partial charge in [-0.05, 0) is 47.7 Å². The van der Waals surface area contributed by atoms with Gasteiger partial charge < -0.3 is 5.73 Å². The third-order valence-corrected chi connectivity index (χ3v) is 3.56. The zero-order valence-electron chi connectivity index (χ0n) is 10.5. The van der Waals surface area contributed by atoms with Crippen LogP contribution in [0.1, 0.15) is 48.8 Å². The van der Waals surface area contributed by atoms with E-state index in [1.807, 2.05) is 11.6 Å². The Labute approximate surface area is 106 Å². The molecule has 0 saturated heterocycles. The van der Waals surface area contributed by atoms with Crippen LogP contribution < -0.4 is 5.73 Å². The van der Waals surface area contributed by atoms with Crippen LogP contribution in [0, 0.1) is 0 Å². The average molecular weight is 243 g/mol. The molecule has 1 aliphatic carbocycles. The summed E-state index contributed by atoms with van der Waals surface area (Å²) < 4.78 is 1.89. The number of rotatable bonds is 2. The lowest BCUT2D eigenvalue weighted by Gasteiger charge is -2.26. The number of aromatic nitrogens is 4. The van der Waals surface area contributed by atoms with Crippen LogP contribution in [0.25, 0.3) is 0 Å². The van der Waals surface area contributed by atoms with Crippen LogP contribution in [0.2, 0.25) is 0 Å². The fourth-order valence-electron chi connectivity index (χ4n) is 2.70. The maximum absolute atomic E-state index is 5.92. The minimum absolute atomic E-state index is 0.144. The van der Waals surface area contributed by atoms with Gasteiger partial charge in [0.1, 0.15) is 0 Å². The van der Waals surface area contributed by atoms with E-state index in [9.17, 15) is 0 Å². The van der Waals surface area contributed by atoms with Crippen molar-refractivity contribution < 1.29 is 0 Å². The van der Waals surface area contributed by atoms with Crippen molar-refractivity contribution >= 4 is 0 Å². The van der Waals surface area contributed by atoms with Crippen molar-refractivity contribution in [1.29, 1.82) is 0 Å². The van der Waals surface area contributed by atoms with Crippen molar-refractivity contribution in [2.24, 2.45) is 5.73 Å². The van der Waals surface area contributed by atoms with Crippen molar-refractivity contribution in [3.05, 3.63) is 41.2 Å². The molecule has 2 atom stereocenters. The van der Waals surface area contributed by atoms with Crippen LogP contribution in [-0.4, -0.2) is 20.2 Å². The van der Waals surface area contributed by atoms with E-state index in [-0.39, 0.29) is 12.1 Å². The normalized spacial score (nSPS) is 20.4. The number of nitrogens with zero attached hydrogens (tertiary/aromatic N) is 4. The molecule has 0 saturated carbocycles. The van der Waals surface area contributed by atoms with Crippen LogP contribution >= 0.6 is 0 Å². The lowest BCUT2D eigenvalue weighted by Crippen LogP contribution is -2.23. The molecule has 0 fully saturated rings. The van der Waals surface area contributed by atoms with E-state index in [0.717, 1.165) is 18.7 Å². The van der Waals surface area contributed by atoms with Crippen LogP contribution in [0.4, 0.5) is 0 Å². The van der Waals surface area contributed by atoms with E-state index in [4.69, 9.17) is 5.73 Å². The molecule has 5 heteroatoms. The summed E-state index contributed by atoms with van der Waals surface area (Å²) in [6.07, 6.45) is 3.38. The SMILES string of the molecule is CC(N)c1nnnn1C1CCCc2ccccc21. The molecule has 2 unspecified atom stereocenters. The Morgan fingerprint density at radius 3 is 3.06 bits per heavy atom. The lowest BCUT2D eigenvalue weighted by molar-refractivity contribution is 0.420. The van der Waals surface area contributed by atoms with Gasteiger partial charge in [0.05, 0.1) is 12.1 Å². The molecular formula is C13H17N5. The largest absolute Gasteiger partial charge is 0.322 e. The van der Waals surface area contributed by atoms with Crippen LogP contribution in [0.5, 0.6) is 0 Å². The highest BCUT2D eigenvalue weighted by atomic mass is 15.6. The standard InChI is InChI=1S/C13H17N5/c1-9(14)13-15-16-17-18(13)12-8-4-6-10-5-2-3-7-11(10)12/h2-3,5,7,9,12H,4,6,8,14H2,1H3. The highest BCUT2D eigenvalue weighted by Gasteiger charge is 2.25. The molecule has 1 aromatic carbocycles. The van der Waals surface area contributed by atoms with E-state index >= 15 is 0 Å². The van der Waals surface area contributed by atoms with E-state index in [1.54, 1.807) is 0 Å². The highest BCUT2D eigenvalue weighted by Crippen LogP contribution is 2.33. The Hall–Kier alpha value is -1.75. The molecule has 0 radical (unpaired) electrons. The maximum Gasteiger partial charge on any atom is 0.168 e. The van der Waals surface area contributed by atoms with Gasteiger partial charge in [-0.15, -0.1) is 5.10 Å². The Bertz CT molecular complexity index is 546. The first-order valence-electron chi connectivity index (χ1n) is 6.38. The second-order valence-electron chi connectivity index (χ2n) is 4.88. The molecule has 1 heterocycles. The topological polar surface area (TPSA) is 69.6 Å². The second kappa shape index (κ2) is 4.49. The second-order valence-corrected chi connectivity index (χ2v) is 4.88. The predicted molar refractivity (Wildman–Crippen MR) is 67.9 cm³/mol. The van der Waals surface area contributed by atoms with E-state index < -0.39 is 0 Å². The fraction of sp³-hybridized carbons (Fsp3) is 0.462. The van der Waals surface area contributed by atoms with Gasteiger partial charge in [0.2, 0.25) is 0 Å². The molecule has 18 heavy (non-hydrogen) atoms. The molecule has 5 nitrogen and oxygen atoms in total. The summed E-state index contributed by atoms with van der Waals surface area (Å²) in [6, 6.07) is 8.61. The molecule has 3 rings (SSSR count). The molecule has 2 N–H and O–H groups in total. The number of aryl methyl sites for hydroxylation is 1. The molecule has 0 amide bonds. The van der Waals surface area contributed by atoms with E-state index in [2.05, 4.69) is 39.8 Å². The van der Waals surface area contributed by atoms with Gasteiger partial charge in [-0.3, -0.25) is 0 Å². The summed E-state index contributed by atoms with van der Waals surface area (Å²) in [6.45, 7) is 1.91. The zero-order valence-corrected chi connectivity index (χ0v) is 10.5. The first-order chi connectivity index (χ1) is 8.77. The molecule has 2 aromatic rings. The Kier molecular flexibility index (Phi) is 2.83. The third-order valence-electron chi connectivity index (χ3n) is 3.56. The summed E-state index contributed by atoms with van der Waals surface area (Å²) in [5.41, 5.74) is 8.66. The molecule has 1 aliphatic rings. The average Bonchev–Trinajstić information content (AvgIpc) is 2.87. The van der Waals surface area contributed by atoms with Gasteiger partial charge in [0.15, 0.2) is 5.82 Å². The zero-order chi connectivity index (χ0) is 12.5. The Morgan fingerprint density at radius 1 is 1.39 bits per heavy atom. The van der Waals surface area contributed by atoms with Gasteiger partial charge in [-0.25, -0.2) is 4.68 Å². The fourth-order valence-corrected chi connectivity index (χ4v) is 2.70. The number of benzene rings is 1. The molecule has 1 aromatic heterocycles. The minimum Gasteiger partial charge on any atom is -0.322 e. The van der Waals surface area contributed by atoms with Gasteiger partial charge in [0, 0.05) is 0 Å². The Morgan fingerprint density at radius 2 is 2.22 bits per heavy atom.